The van der Waals surface area contributed by atoms with Gasteiger partial charge in [-0.15, -0.1) is 0 Å². The van der Waals surface area contributed by atoms with Crippen LogP contribution in [0.2, 0.25) is 0 Å². The van der Waals surface area contributed by atoms with E-state index in [4.69, 9.17) is 5.84 Å². The molecule has 0 aromatic rings. The summed E-state index contributed by atoms with van der Waals surface area (Å²) in [7, 11) is 0. The van der Waals surface area contributed by atoms with Crippen molar-refractivity contribution in [1.29, 1.82) is 0 Å². The molecule has 2 rings (SSSR count). The second-order valence-electron chi connectivity index (χ2n) is 5.20. The highest BCUT2D eigenvalue weighted by Gasteiger charge is 2.27. The van der Waals surface area contributed by atoms with Gasteiger partial charge in [0.2, 0.25) is 0 Å². The Kier molecular flexibility index (Phi) is 3.82. The summed E-state index contributed by atoms with van der Waals surface area (Å²) in [6, 6.07) is 0.612. The van der Waals surface area contributed by atoms with Gasteiger partial charge in [0, 0.05) is 6.04 Å². The second-order valence-corrected chi connectivity index (χ2v) is 5.20. The minimum absolute atomic E-state index is 0.612. The van der Waals surface area contributed by atoms with E-state index in [1.807, 2.05) is 0 Å². The molecule has 0 saturated heterocycles. The third-order valence-corrected chi connectivity index (χ3v) is 4.24. The van der Waals surface area contributed by atoms with Crippen LogP contribution in [-0.2, 0) is 0 Å². The Balaban J connectivity index is 1.79. The Morgan fingerprint density at radius 3 is 2.14 bits per heavy atom. The van der Waals surface area contributed by atoms with Crippen LogP contribution in [0.15, 0.2) is 0 Å². The van der Waals surface area contributed by atoms with E-state index in [0.29, 0.717) is 6.04 Å². The largest absolute Gasteiger partial charge is 0.271 e. The zero-order valence-corrected chi connectivity index (χ0v) is 9.17. The van der Waals surface area contributed by atoms with Gasteiger partial charge in [-0.1, -0.05) is 38.5 Å². The quantitative estimate of drug-likeness (QED) is 0.536. The molecule has 0 spiro atoms. The monoisotopic (exact) mass is 196 g/mol. The van der Waals surface area contributed by atoms with Crippen LogP contribution in [0, 0.1) is 11.8 Å². The number of hydrogen-bond donors (Lipinski definition) is 2. The Hall–Kier alpha value is -0.0800. The molecule has 82 valence electrons. The van der Waals surface area contributed by atoms with Crippen molar-refractivity contribution in [3.8, 4) is 0 Å². The summed E-state index contributed by atoms with van der Waals surface area (Å²) in [5.74, 6) is 7.53. The first-order valence-electron chi connectivity index (χ1n) is 6.36. The average molecular weight is 196 g/mol. The van der Waals surface area contributed by atoms with Crippen molar-refractivity contribution in [3.63, 3.8) is 0 Å². The SMILES string of the molecule is NNC(CC1CCCC1)C1CCCC1. The van der Waals surface area contributed by atoms with Crippen LogP contribution < -0.4 is 11.3 Å². The summed E-state index contributed by atoms with van der Waals surface area (Å²) in [6.07, 6.45) is 12.8. The summed E-state index contributed by atoms with van der Waals surface area (Å²) in [5, 5.41) is 0. The molecule has 0 radical (unpaired) electrons. The van der Waals surface area contributed by atoms with Gasteiger partial charge in [-0.05, 0) is 31.1 Å². The number of hydrogen-bond acceptors (Lipinski definition) is 2. The van der Waals surface area contributed by atoms with Crippen molar-refractivity contribution in [1.82, 2.24) is 5.43 Å². The lowest BCUT2D eigenvalue weighted by atomic mass is 9.89. The van der Waals surface area contributed by atoms with E-state index in [1.165, 1.54) is 57.8 Å². The fourth-order valence-corrected chi connectivity index (χ4v) is 3.36. The van der Waals surface area contributed by atoms with Crippen LogP contribution in [0.25, 0.3) is 0 Å². The van der Waals surface area contributed by atoms with Crippen LogP contribution in [-0.4, -0.2) is 6.04 Å². The summed E-state index contributed by atoms with van der Waals surface area (Å²) in [4.78, 5) is 0. The predicted octanol–water partition coefficient (Wildman–Crippen LogP) is 2.59. The fraction of sp³-hybridized carbons (Fsp3) is 1.00. The Morgan fingerprint density at radius 2 is 1.57 bits per heavy atom. The zero-order chi connectivity index (χ0) is 9.80. The Labute approximate surface area is 87.6 Å². The molecule has 2 nitrogen and oxygen atoms in total. The smallest absolute Gasteiger partial charge is 0.0241 e. The number of nitrogens with two attached hydrogens (primary N) is 1. The van der Waals surface area contributed by atoms with Gasteiger partial charge < -0.3 is 0 Å². The molecule has 0 bridgehead atoms. The van der Waals surface area contributed by atoms with E-state index in [9.17, 15) is 0 Å². The van der Waals surface area contributed by atoms with Gasteiger partial charge in [-0.3, -0.25) is 11.3 Å². The number of rotatable bonds is 4. The molecule has 2 fully saturated rings. The maximum atomic E-state index is 5.68. The normalized spacial score (nSPS) is 27.2. The third-order valence-electron chi connectivity index (χ3n) is 4.24. The van der Waals surface area contributed by atoms with E-state index in [-0.39, 0.29) is 0 Å². The van der Waals surface area contributed by atoms with Crippen molar-refractivity contribution in [2.45, 2.75) is 63.8 Å². The predicted molar refractivity (Wildman–Crippen MR) is 59.6 cm³/mol. The standard InChI is InChI=1S/C12H24N2/c13-14-12(11-7-3-4-8-11)9-10-5-1-2-6-10/h10-12,14H,1-9,13H2. The minimum atomic E-state index is 0.612. The maximum absolute atomic E-state index is 5.68. The van der Waals surface area contributed by atoms with Gasteiger partial charge in [0.25, 0.3) is 0 Å². The molecule has 0 aromatic carbocycles. The van der Waals surface area contributed by atoms with Crippen LogP contribution in [0.3, 0.4) is 0 Å². The molecule has 2 aliphatic carbocycles. The molecular weight excluding hydrogens is 172 g/mol. The van der Waals surface area contributed by atoms with Gasteiger partial charge in [-0.2, -0.15) is 0 Å². The summed E-state index contributed by atoms with van der Waals surface area (Å²) >= 11 is 0. The molecular formula is C12H24N2. The second kappa shape index (κ2) is 5.13. The van der Waals surface area contributed by atoms with Crippen molar-refractivity contribution < 1.29 is 0 Å². The molecule has 2 heteroatoms. The topological polar surface area (TPSA) is 38.0 Å². The zero-order valence-electron chi connectivity index (χ0n) is 9.17. The molecule has 0 aliphatic heterocycles. The van der Waals surface area contributed by atoms with Crippen LogP contribution in [0.5, 0.6) is 0 Å². The van der Waals surface area contributed by atoms with Crippen molar-refractivity contribution in [2.24, 2.45) is 17.7 Å². The molecule has 2 aliphatic rings. The first-order valence-corrected chi connectivity index (χ1v) is 6.36. The molecule has 2 saturated carbocycles. The lowest BCUT2D eigenvalue weighted by molar-refractivity contribution is 0.297. The third kappa shape index (κ3) is 2.48. The first-order chi connectivity index (χ1) is 6.90. The first kappa shape index (κ1) is 10.4. The van der Waals surface area contributed by atoms with Gasteiger partial charge in [0.15, 0.2) is 0 Å². The molecule has 14 heavy (non-hydrogen) atoms. The fourth-order valence-electron chi connectivity index (χ4n) is 3.36. The number of nitrogens with one attached hydrogen (secondary N) is 1. The summed E-state index contributed by atoms with van der Waals surface area (Å²) in [5.41, 5.74) is 3.07. The van der Waals surface area contributed by atoms with E-state index in [2.05, 4.69) is 5.43 Å². The molecule has 0 amide bonds. The Bertz CT molecular complexity index is 158. The summed E-state index contributed by atoms with van der Waals surface area (Å²) < 4.78 is 0. The van der Waals surface area contributed by atoms with E-state index in [1.54, 1.807) is 0 Å². The highest BCUT2D eigenvalue weighted by atomic mass is 15.2. The van der Waals surface area contributed by atoms with Gasteiger partial charge >= 0.3 is 0 Å². The van der Waals surface area contributed by atoms with Crippen molar-refractivity contribution >= 4 is 0 Å². The highest BCUT2D eigenvalue weighted by Crippen LogP contribution is 2.34. The molecule has 1 atom stereocenters. The van der Waals surface area contributed by atoms with Gasteiger partial charge in [0.1, 0.15) is 0 Å². The minimum Gasteiger partial charge on any atom is -0.271 e. The lowest BCUT2D eigenvalue weighted by Crippen LogP contribution is -2.41. The van der Waals surface area contributed by atoms with E-state index >= 15 is 0 Å². The molecule has 0 heterocycles. The van der Waals surface area contributed by atoms with Gasteiger partial charge in [-0.25, -0.2) is 0 Å². The maximum Gasteiger partial charge on any atom is 0.0241 e. The average Bonchev–Trinajstić information content (AvgIpc) is 2.86. The van der Waals surface area contributed by atoms with E-state index in [0.717, 1.165) is 11.8 Å². The highest BCUT2D eigenvalue weighted by molar-refractivity contribution is 4.82. The van der Waals surface area contributed by atoms with Crippen LogP contribution >= 0.6 is 0 Å². The Morgan fingerprint density at radius 1 is 1.00 bits per heavy atom. The summed E-state index contributed by atoms with van der Waals surface area (Å²) in [6.45, 7) is 0. The molecule has 1 unspecified atom stereocenters. The van der Waals surface area contributed by atoms with Crippen LogP contribution in [0.4, 0.5) is 0 Å². The molecule has 3 N–H and O–H groups in total. The van der Waals surface area contributed by atoms with Gasteiger partial charge in [0.05, 0.1) is 0 Å². The van der Waals surface area contributed by atoms with Crippen molar-refractivity contribution in [3.05, 3.63) is 0 Å². The lowest BCUT2D eigenvalue weighted by Gasteiger charge is -2.25. The van der Waals surface area contributed by atoms with Crippen LogP contribution in [0.1, 0.15) is 57.8 Å². The number of hydrazine groups is 1. The van der Waals surface area contributed by atoms with Crippen molar-refractivity contribution in [2.75, 3.05) is 0 Å². The molecule has 0 aromatic heterocycles. The van der Waals surface area contributed by atoms with E-state index < -0.39 is 0 Å².